The number of hydrogen-bond donors (Lipinski definition) is 0. The van der Waals surface area contributed by atoms with Crippen molar-refractivity contribution in [1.82, 2.24) is 0 Å². The Hall–Kier alpha value is -1.52. The molecule has 0 N–H and O–H groups in total. The molecule has 0 heterocycles. The molecule has 0 aliphatic carbocycles. The van der Waals surface area contributed by atoms with E-state index in [0.717, 1.165) is 12.5 Å². The summed E-state index contributed by atoms with van der Waals surface area (Å²) in [5.74, 6) is -3.63. The SMILES string of the molecule is CCOC(=O)C(CCc1ccccc1)C(C)C(F)(F)F. The van der Waals surface area contributed by atoms with E-state index < -0.39 is 24.0 Å². The third-order valence-electron chi connectivity index (χ3n) is 3.30. The Bertz CT molecular complexity index is 415. The number of carbonyl (C=O) groups is 1. The van der Waals surface area contributed by atoms with Crippen LogP contribution in [0, 0.1) is 11.8 Å². The summed E-state index contributed by atoms with van der Waals surface area (Å²) in [6, 6.07) is 9.15. The van der Waals surface area contributed by atoms with E-state index in [1.807, 2.05) is 30.3 Å². The second kappa shape index (κ2) is 7.31. The number of ether oxygens (including phenoxy) is 1. The third kappa shape index (κ3) is 4.87. The normalized spacial score (nSPS) is 14.7. The highest BCUT2D eigenvalue weighted by Gasteiger charge is 2.44. The van der Waals surface area contributed by atoms with Crippen LogP contribution < -0.4 is 0 Å². The van der Waals surface area contributed by atoms with Crippen LogP contribution in [0.4, 0.5) is 13.2 Å². The van der Waals surface area contributed by atoms with Gasteiger partial charge >= 0.3 is 12.1 Å². The molecule has 0 fully saturated rings. The van der Waals surface area contributed by atoms with Gasteiger partial charge in [0.25, 0.3) is 0 Å². The first kappa shape index (κ1) is 16.5. The van der Waals surface area contributed by atoms with Gasteiger partial charge in [0.05, 0.1) is 18.4 Å². The lowest BCUT2D eigenvalue weighted by atomic mass is 9.88. The third-order valence-corrected chi connectivity index (χ3v) is 3.30. The van der Waals surface area contributed by atoms with E-state index in [2.05, 4.69) is 0 Å². The van der Waals surface area contributed by atoms with Gasteiger partial charge in [-0.25, -0.2) is 0 Å². The van der Waals surface area contributed by atoms with Crippen molar-refractivity contribution in [3.05, 3.63) is 35.9 Å². The Kier molecular flexibility index (Phi) is 6.05. The van der Waals surface area contributed by atoms with Crippen LogP contribution in [0.5, 0.6) is 0 Å². The Morgan fingerprint density at radius 3 is 2.35 bits per heavy atom. The van der Waals surface area contributed by atoms with Gasteiger partial charge in [0.2, 0.25) is 0 Å². The van der Waals surface area contributed by atoms with E-state index >= 15 is 0 Å². The molecule has 0 saturated carbocycles. The summed E-state index contributed by atoms with van der Waals surface area (Å²) in [6.45, 7) is 2.71. The fourth-order valence-corrected chi connectivity index (χ4v) is 2.02. The molecule has 20 heavy (non-hydrogen) atoms. The minimum atomic E-state index is -4.39. The Balaban J connectivity index is 2.75. The molecule has 1 aromatic rings. The van der Waals surface area contributed by atoms with Crippen molar-refractivity contribution in [3.63, 3.8) is 0 Å². The van der Waals surface area contributed by atoms with Crippen molar-refractivity contribution in [2.45, 2.75) is 32.9 Å². The van der Waals surface area contributed by atoms with Crippen LogP contribution in [0.25, 0.3) is 0 Å². The van der Waals surface area contributed by atoms with Crippen LogP contribution >= 0.6 is 0 Å². The molecule has 0 amide bonds. The first-order valence-electron chi connectivity index (χ1n) is 6.63. The topological polar surface area (TPSA) is 26.3 Å². The molecule has 0 aliphatic heterocycles. The molecule has 5 heteroatoms. The van der Waals surface area contributed by atoms with Gasteiger partial charge in [-0.3, -0.25) is 4.79 Å². The van der Waals surface area contributed by atoms with Gasteiger partial charge in [0.1, 0.15) is 0 Å². The number of halogens is 3. The molecule has 2 unspecified atom stereocenters. The molecule has 0 aliphatic rings. The molecule has 2 nitrogen and oxygen atoms in total. The largest absolute Gasteiger partial charge is 0.466 e. The first-order valence-corrected chi connectivity index (χ1v) is 6.63. The lowest BCUT2D eigenvalue weighted by molar-refractivity contribution is -0.194. The van der Waals surface area contributed by atoms with E-state index in [-0.39, 0.29) is 13.0 Å². The van der Waals surface area contributed by atoms with Gasteiger partial charge in [-0.1, -0.05) is 37.3 Å². The number of rotatable bonds is 6. The summed E-state index contributed by atoms with van der Waals surface area (Å²) in [5.41, 5.74) is 0.913. The molecule has 112 valence electrons. The fourth-order valence-electron chi connectivity index (χ4n) is 2.02. The fraction of sp³-hybridized carbons (Fsp3) is 0.533. The lowest BCUT2D eigenvalue weighted by Gasteiger charge is -2.24. The quantitative estimate of drug-likeness (QED) is 0.740. The van der Waals surface area contributed by atoms with Crippen LogP contribution in [-0.4, -0.2) is 18.8 Å². The summed E-state index contributed by atoms with van der Waals surface area (Å²) in [5, 5.41) is 0. The van der Waals surface area contributed by atoms with Crippen LogP contribution in [0.15, 0.2) is 30.3 Å². The Morgan fingerprint density at radius 1 is 1.25 bits per heavy atom. The number of aryl methyl sites for hydroxylation is 1. The standard InChI is InChI=1S/C15H19F3O2/c1-3-20-14(19)13(11(2)15(16,17)18)10-9-12-7-5-4-6-8-12/h4-8,11,13H,3,9-10H2,1-2H3. The highest BCUT2D eigenvalue weighted by Crippen LogP contribution is 2.34. The highest BCUT2D eigenvalue weighted by atomic mass is 19.4. The van der Waals surface area contributed by atoms with Crippen molar-refractivity contribution in [1.29, 1.82) is 0 Å². The van der Waals surface area contributed by atoms with Crippen molar-refractivity contribution >= 4 is 5.97 Å². The van der Waals surface area contributed by atoms with E-state index in [0.29, 0.717) is 6.42 Å². The summed E-state index contributed by atoms with van der Waals surface area (Å²) in [6.07, 6.45) is -3.84. The van der Waals surface area contributed by atoms with Crippen molar-refractivity contribution in [3.8, 4) is 0 Å². The van der Waals surface area contributed by atoms with Crippen LogP contribution in [0.3, 0.4) is 0 Å². The first-order chi connectivity index (χ1) is 9.36. The van der Waals surface area contributed by atoms with E-state index in [1.54, 1.807) is 6.92 Å². The number of carbonyl (C=O) groups excluding carboxylic acids is 1. The summed E-state index contributed by atoms with van der Waals surface area (Å²) in [4.78, 5) is 11.7. The molecule has 0 saturated heterocycles. The van der Waals surface area contributed by atoms with Crippen LogP contribution in [0.2, 0.25) is 0 Å². The van der Waals surface area contributed by atoms with Crippen molar-refractivity contribution in [2.24, 2.45) is 11.8 Å². The minimum Gasteiger partial charge on any atom is -0.466 e. The van der Waals surface area contributed by atoms with Crippen LogP contribution in [-0.2, 0) is 16.0 Å². The molecular formula is C15H19F3O2. The molecule has 1 aromatic carbocycles. The average Bonchev–Trinajstić information content (AvgIpc) is 2.39. The maximum absolute atomic E-state index is 12.8. The Morgan fingerprint density at radius 2 is 1.85 bits per heavy atom. The van der Waals surface area contributed by atoms with Gasteiger partial charge in [0.15, 0.2) is 0 Å². The highest BCUT2D eigenvalue weighted by molar-refractivity contribution is 5.72. The summed E-state index contributed by atoms with van der Waals surface area (Å²) in [7, 11) is 0. The Labute approximate surface area is 116 Å². The van der Waals surface area contributed by atoms with Gasteiger partial charge < -0.3 is 4.74 Å². The maximum atomic E-state index is 12.8. The van der Waals surface area contributed by atoms with Crippen molar-refractivity contribution < 1.29 is 22.7 Å². The van der Waals surface area contributed by atoms with Crippen molar-refractivity contribution in [2.75, 3.05) is 6.61 Å². The molecule has 1 rings (SSSR count). The van der Waals surface area contributed by atoms with Gasteiger partial charge in [0, 0.05) is 0 Å². The molecule has 0 radical (unpaired) electrons. The summed E-state index contributed by atoms with van der Waals surface area (Å²) >= 11 is 0. The molecule has 2 atom stereocenters. The minimum absolute atomic E-state index is 0.0885. The lowest BCUT2D eigenvalue weighted by Crippen LogP contribution is -2.34. The van der Waals surface area contributed by atoms with Gasteiger partial charge in [-0.15, -0.1) is 0 Å². The monoisotopic (exact) mass is 288 g/mol. The zero-order valence-corrected chi connectivity index (χ0v) is 11.6. The summed E-state index contributed by atoms with van der Waals surface area (Å²) < 4.78 is 43.2. The molecule has 0 aromatic heterocycles. The predicted octanol–water partition coefficient (Wildman–Crippen LogP) is 4.00. The van der Waals surface area contributed by atoms with Crippen LogP contribution in [0.1, 0.15) is 25.8 Å². The van der Waals surface area contributed by atoms with E-state index in [9.17, 15) is 18.0 Å². The second-order valence-corrected chi connectivity index (χ2v) is 4.71. The molecule has 0 bridgehead atoms. The molecule has 0 spiro atoms. The number of esters is 1. The second-order valence-electron chi connectivity index (χ2n) is 4.71. The maximum Gasteiger partial charge on any atom is 0.392 e. The average molecular weight is 288 g/mol. The predicted molar refractivity (Wildman–Crippen MR) is 70.1 cm³/mol. The zero-order chi connectivity index (χ0) is 15.2. The number of benzene rings is 1. The van der Waals surface area contributed by atoms with Gasteiger partial charge in [-0.05, 0) is 25.3 Å². The number of alkyl halides is 3. The van der Waals surface area contributed by atoms with E-state index in [4.69, 9.17) is 4.74 Å². The number of hydrogen-bond acceptors (Lipinski definition) is 2. The van der Waals surface area contributed by atoms with Gasteiger partial charge in [-0.2, -0.15) is 13.2 Å². The smallest absolute Gasteiger partial charge is 0.392 e. The zero-order valence-electron chi connectivity index (χ0n) is 11.6. The molecular weight excluding hydrogens is 269 g/mol. The van der Waals surface area contributed by atoms with E-state index in [1.165, 1.54) is 0 Å².